The van der Waals surface area contributed by atoms with E-state index < -0.39 is 32.6 Å². The molecular formula is C18H23F3N2O2S. The standard InChI is InChI=1S/C18H23F3N2O2S/c1-4-15(22)18(2,3)26(24,25)10-12-9-13(7-8-14(12)19)23-16(17(20)21)11-5-6-11/h7-9,17,22-23H,4-6,10H2,1-3H3. The Morgan fingerprint density at radius 3 is 2.42 bits per heavy atom. The molecule has 0 atom stereocenters. The molecule has 8 heteroatoms. The van der Waals surface area contributed by atoms with E-state index in [1.165, 1.54) is 26.0 Å². The topological polar surface area (TPSA) is 70.0 Å². The molecule has 2 N–H and O–H groups in total. The van der Waals surface area contributed by atoms with Gasteiger partial charge in [-0.2, -0.15) is 0 Å². The van der Waals surface area contributed by atoms with E-state index in [4.69, 9.17) is 5.41 Å². The van der Waals surface area contributed by atoms with Crippen LogP contribution in [-0.2, 0) is 15.6 Å². The highest BCUT2D eigenvalue weighted by molar-refractivity contribution is 7.92. The summed E-state index contributed by atoms with van der Waals surface area (Å²) in [6.07, 6.45) is -1.21. The third kappa shape index (κ3) is 4.28. The Balaban J connectivity index is 2.31. The van der Waals surface area contributed by atoms with Crippen LogP contribution in [0.25, 0.3) is 0 Å². The zero-order valence-electron chi connectivity index (χ0n) is 15.0. The first-order valence-corrected chi connectivity index (χ1v) is 10.0. The molecular weight excluding hydrogens is 365 g/mol. The number of hydrogen-bond acceptors (Lipinski definition) is 4. The van der Waals surface area contributed by atoms with E-state index >= 15 is 0 Å². The number of hydrogen-bond donors (Lipinski definition) is 2. The Kier molecular flexibility index (Phi) is 5.85. The minimum Gasteiger partial charge on any atom is -0.354 e. The normalized spacial score (nSPS) is 14.5. The molecule has 1 aromatic carbocycles. The van der Waals surface area contributed by atoms with Crippen LogP contribution in [0.5, 0.6) is 0 Å². The monoisotopic (exact) mass is 388 g/mol. The molecule has 0 unspecified atom stereocenters. The van der Waals surface area contributed by atoms with Gasteiger partial charge in [0.25, 0.3) is 6.43 Å². The van der Waals surface area contributed by atoms with Gasteiger partial charge in [-0.3, -0.25) is 0 Å². The molecule has 1 saturated carbocycles. The van der Waals surface area contributed by atoms with E-state index in [0.717, 1.165) is 6.07 Å². The van der Waals surface area contributed by atoms with Crippen molar-refractivity contribution in [3.63, 3.8) is 0 Å². The highest BCUT2D eigenvalue weighted by Gasteiger charge is 2.38. The maximum absolute atomic E-state index is 14.1. The van der Waals surface area contributed by atoms with Gasteiger partial charge in [0.15, 0.2) is 9.84 Å². The Morgan fingerprint density at radius 1 is 1.31 bits per heavy atom. The van der Waals surface area contributed by atoms with E-state index in [0.29, 0.717) is 18.4 Å². The molecule has 0 bridgehead atoms. The van der Waals surface area contributed by atoms with Crippen molar-refractivity contribution in [2.75, 3.05) is 5.32 Å². The maximum Gasteiger partial charge on any atom is 0.278 e. The molecule has 0 saturated heterocycles. The molecule has 1 aliphatic carbocycles. The van der Waals surface area contributed by atoms with Crippen LogP contribution in [0.3, 0.4) is 0 Å². The van der Waals surface area contributed by atoms with Crippen LogP contribution in [0.2, 0.25) is 0 Å². The first kappa shape index (κ1) is 20.5. The number of halogens is 3. The molecule has 0 heterocycles. The quantitative estimate of drug-likeness (QED) is 0.636. The third-order valence-corrected chi connectivity index (χ3v) is 7.12. The number of nitrogens with one attached hydrogen (secondary N) is 2. The van der Waals surface area contributed by atoms with E-state index in [1.807, 2.05) is 0 Å². The number of anilines is 1. The van der Waals surface area contributed by atoms with Crippen LogP contribution < -0.4 is 5.32 Å². The minimum atomic E-state index is -3.86. The van der Waals surface area contributed by atoms with E-state index in [1.54, 1.807) is 6.92 Å². The van der Waals surface area contributed by atoms with Crippen molar-refractivity contribution in [3.05, 3.63) is 40.8 Å². The first-order chi connectivity index (χ1) is 12.0. The Morgan fingerprint density at radius 2 is 1.92 bits per heavy atom. The summed E-state index contributed by atoms with van der Waals surface area (Å²) in [5.41, 5.74) is 0.566. The summed E-state index contributed by atoms with van der Waals surface area (Å²) in [6.45, 7) is 4.52. The van der Waals surface area contributed by atoms with Crippen molar-refractivity contribution in [2.45, 2.75) is 57.0 Å². The van der Waals surface area contributed by atoms with E-state index in [-0.39, 0.29) is 29.1 Å². The number of sulfone groups is 1. The lowest BCUT2D eigenvalue weighted by Crippen LogP contribution is -2.40. The second-order valence-corrected chi connectivity index (χ2v) is 9.39. The molecule has 1 aliphatic rings. The minimum absolute atomic E-state index is 0.0330. The molecule has 2 rings (SSSR count). The van der Waals surface area contributed by atoms with Crippen LogP contribution in [0, 0.1) is 11.2 Å². The fourth-order valence-electron chi connectivity index (χ4n) is 2.55. The van der Waals surface area contributed by atoms with E-state index in [9.17, 15) is 21.6 Å². The van der Waals surface area contributed by atoms with Crippen molar-refractivity contribution in [1.29, 1.82) is 5.41 Å². The first-order valence-electron chi connectivity index (χ1n) is 8.35. The number of alkyl halides is 2. The lowest BCUT2D eigenvalue weighted by molar-refractivity contribution is 0.190. The Labute approximate surface area is 151 Å². The van der Waals surface area contributed by atoms with Gasteiger partial charge in [-0.25, -0.2) is 21.6 Å². The molecule has 4 nitrogen and oxygen atoms in total. The zero-order chi connectivity index (χ0) is 19.7. The van der Waals surface area contributed by atoms with Crippen molar-refractivity contribution >= 4 is 21.2 Å². The predicted molar refractivity (Wildman–Crippen MR) is 97.0 cm³/mol. The third-order valence-electron chi connectivity index (χ3n) is 4.63. The highest BCUT2D eigenvalue weighted by atomic mass is 32.2. The largest absolute Gasteiger partial charge is 0.354 e. The van der Waals surface area contributed by atoms with Gasteiger partial charge < -0.3 is 10.7 Å². The van der Waals surface area contributed by atoms with Crippen LogP contribution in [0.4, 0.5) is 18.9 Å². The molecule has 0 aliphatic heterocycles. The number of allylic oxidation sites excluding steroid dienone is 2. The average Bonchev–Trinajstić information content (AvgIpc) is 3.38. The van der Waals surface area contributed by atoms with Gasteiger partial charge in [0.1, 0.15) is 10.6 Å². The lowest BCUT2D eigenvalue weighted by atomic mass is 10.1. The van der Waals surface area contributed by atoms with Crippen LogP contribution >= 0.6 is 0 Å². The summed E-state index contributed by atoms with van der Waals surface area (Å²) in [5, 5.41) is 10.5. The van der Waals surface area contributed by atoms with Crippen molar-refractivity contribution in [2.24, 2.45) is 0 Å². The molecule has 1 fully saturated rings. The SMILES string of the molecule is CCC(=N)C(C)(C)S(=O)(=O)Cc1cc(NC(=C2CC2)C(F)F)ccc1F. The van der Waals surface area contributed by atoms with Gasteiger partial charge in [0.2, 0.25) is 0 Å². The van der Waals surface area contributed by atoms with Gasteiger partial charge in [0.05, 0.1) is 11.4 Å². The summed E-state index contributed by atoms with van der Waals surface area (Å²) in [4.78, 5) is 0. The molecule has 1 aromatic rings. The average molecular weight is 388 g/mol. The van der Waals surface area contributed by atoms with E-state index in [2.05, 4.69) is 5.32 Å². The Bertz CT molecular complexity index is 840. The fraction of sp³-hybridized carbons (Fsp3) is 0.500. The second-order valence-electron chi connectivity index (χ2n) is 6.85. The summed E-state index contributed by atoms with van der Waals surface area (Å²) in [5.74, 6) is -1.33. The maximum atomic E-state index is 14.1. The lowest BCUT2D eigenvalue weighted by Gasteiger charge is -2.25. The Hall–Kier alpha value is -1.83. The molecule has 26 heavy (non-hydrogen) atoms. The van der Waals surface area contributed by atoms with Crippen molar-refractivity contribution in [1.82, 2.24) is 0 Å². The number of benzene rings is 1. The van der Waals surface area contributed by atoms with Crippen LogP contribution in [0.15, 0.2) is 29.5 Å². The summed E-state index contributed by atoms with van der Waals surface area (Å²) < 4.78 is 64.3. The van der Waals surface area contributed by atoms with Gasteiger partial charge in [0, 0.05) is 17.0 Å². The molecule has 0 spiro atoms. The summed E-state index contributed by atoms with van der Waals surface area (Å²) >= 11 is 0. The summed E-state index contributed by atoms with van der Waals surface area (Å²) in [7, 11) is -3.86. The molecule has 0 radical (unpaired) electrons. The van der Waals surface area contributed by atoms with Gasteiger partial charge in [-0.15, -0.1) is 0 Å². The molecule has 0 aromatic heterocycles. The van der Waals surface area contributed by atoms with Crippen molar-refractivity contribution < 1.29 is 21.6 Å². The van der Waals surface area contributed by atoms with Gasteiger partial charge >= 0.3 is 0 Å². The van der Waals surface area contributed by atoms with Crippen LogP contribution in [0.1, 0.15) is 45.6 Å². The molecule has 144 valence electrons. The molecule has 0 amide bonds. The zero-order valence-corrected chi connectivity index (χ0v) is 15.8. The smallest absolute Gasteiger partial charge is 0.278 e. The predicted octanol–water partition coefficient (Wildman–Crippen LogP) is 4.67. The second kappa shape index (κ2) is 7.42. The van der Waals surface area contributed by atoms with Crippen LogP contribution in [-0.4, -0.2) is 25.3 Å². The van der Waals surface area contributed by atoms with Gasteiger partial charge in [-0.1, -0.05) is 6.92 Å². The van der Waals surface area contributed by atoms with Crippen molar-refractivity contribution in [3.8, 4) is 0 Å². The van der Waals surface area contributed by atoms with Gasteiger partial charge in [-0.05, 0) is 56.9 Å². The highest BCUT2D eigenvalue weighted by Crippen LogP contribution is 2.35. The fourth-order valence-corrected chi connectivity index (χ4v) is 4.06. The number of rotatable bonds is 8. The summed E-state index contributed by atoms with van der Waals surface area (Å²) in [6, 6.07) is 3.60.